The van der Waals surface area contributed by atoms with Gasteiger partial charge in [0.2, 0.25) is 0 Å². The van der Waals surface area contributed by atoms with E-state index in [1.807, 2.05) is 35.6 Å². The third-order valence-electron chi connectivity index (χ3n) is 6.23. The summed E-state index contributed by atoms with van der Waals surface area (Å²) in [6.45, 7) is 8.02. The second-order valence-corrected chi connectivity index (χ2v) is 9.88. The summed E-state index contributed by atoms with van der Waals surface area (Å²) in [5.74, 6) is 2.79. The molecule has 158 valence electrons. The maximum Gasteiger partial charge on any atom is 0.141 e. The minimum atomic E-state index is 0.690. The standard InChI is InChI=1S/C23H27ClN4OS/c1-16-2-7-19-20(14-16)30-23-21(19)22(25-15-26-23)28-10-8-27(9-11-28)12-13-29-18-5-3-17(24)4-6-18/h3-6,15-16H,2,7-14H2,1H3. The summed E-state index contributed by atoms with van der Waals surface area (Å²) in [6.07, 6.45) is 5.38. The zero-order valence-corrected chi connectivity index (χ0v) is 18.9. The van der Waals surface area contributed by atoms with E-state index >= 15 is 0 Å². The molecule has 0 N–H and O–H groups in total. The zero-order valence-electron chi connectivity index (χ0n) is 17.3. The van der Waals surface area contributed by atoms with E-state index in [0.29, 0.717) is 6.61 Å². The van der Waals surface area contributed by atoms with Crippen LogP contribution in [0.2, 0.25) is 5.02 Å². The van der Waals surface area contributed by atoms with E-state index in [1.54, 1.807) is 6.33 Å². The highest BCUT2D eigenvalue weighted by atomic mass is 35.5. The van der Waals surface area contributed by atoms with Crippen LogP contribution < -0.4 is 9.64 Å². The highest BCUT2D eigenvalue weighted by Crippen LogP contribution is 2.40. The van der Waals surface area contributed by atoms with Crippen LogP contribution in [0, 0.1) is 5.92 Å². The van der Waals surface area contributed by atoms with Crippen molar-refractivity contribution in [3.63, 3.8) is 0 Å². The lowest BCUT2D eigenvalue weighted by atomic mass is 9.89. The predicted molar refractivity (Wildman–Crippen MR) is 124 cm³/mol. The third kappa shape index (κ3) is 4.13. The summed E-state index contributed by atoms with van der Waals surface area (Å²) >= 11 is 7.81. The summed E-state index contributed by atoms with van der Waals surface area (Å²) in [7, 11) is 0. The van der Waals surface area contributed by atoms with Crippen molar-refractivity contribution in [2.75, 3.05) is 44.2 Å². The first-order valence-electron chi connectivity index (χ1n) is 10.8. The first kappa shape index (κ1) is 20.0. The molecule has 1 aliphatic carbocycles. The number of thiophene rings is 1. The molecule has 5 nitrogen and oxygen atoms in total. The number of hydrogen-bond acceptors (Lipinski definition) is 6. The van der Waals surface area contributed by atoms with Gasteiger partial charge in [-0.1, -0.05) is 18.5 Å². The fraction of sp³-hybridized carbons (Fsp3) is 0.478. The molecular formula is C23H27ClN4OS. The van der Waals surface area contributed by atoms with Gasteiger partial charge >= 0.3 is 0 Å². The fourth-order valence-electron chi connectivity index (χ4n) is 4.50. The van der Waals surface area contributed by atoms with E-state index in [9.17, 15) is 0 Å². The molecule has 5 rings (SSSR count). The van der Waals surface area contributed by atoms with E-state index in [0.717, 1.165) is 60.1 Å². The molecule has 1 aliphatic heterocycles. The van der Waals surface area contributed by atoms with Gasteiger partial charge in [-0.15, -0.1) is 11.3 Å². The van der Waals surface area contributed by atoms with Gasteiger partial charge in [0, 0.05) is 42.6 Å². The Hall–Kier alpha value is -1.89. The van der Waals surface area contributed by atoms with Crippen LogP contribution in [-0.4, -0.2) is 54.2 Å². The second kappa shape index (κ2) is 8.69. The quantitative estimate of drug-likeness (QED) is 0.574. The molecule has 30 heavy (non-hydrogen) atoms. The number of hydrogen-bond donors (Lipinski definition) is 0. The number of rotatable bonds is 5. The van der Waals surface area contributed by atoms with E-state index in [4.69, 9.17) is 21.3 Å². The second-order valence-electron chi connectivity index (χ2n) is 8.36. The van der Waals surface area contributed by atoms with Crippen molar-refractivity contribution in [3.8, 4) is 5.75 Å². The minimum absolute atomic E-state index is 0.690. The molecule has 2 aliphatic rings. The summed E-state index contributed by atoms with van der Waals surface area (Å²) in [5, 5.41) is 2.06. The Labute approximate surface area is 186 Å². The van der Waals surface area contributed by atoms with E-state index in [2.05, 4.69) is 21.7 Å². The molecule has 0 spiro atoms. The highest BCUT2D eigenvalue weighted by Gasteiger charge is 2.26. The lowest BCUT2D eigenvalue weighted by molar-refractivity contribution is 0.200. The maximum absolute atomic E-state index is 5.93. The Morgan fingerprint density at radius 1 is 1.13 bits per heavy atom. The molecule has 0 saturated carbocycles. The molecule has 1 fully saturated rings. The molecule has 3 heterocycles. The lowest BCUT2D eigenvalue weighted by Gasteiger charge is -2.35. The topological polar surface area (TPSA) is 41.5 Å². The summed E-state index contributed by atoms with van der Waals surface area (Å²) in [5.41, 5.74) is 1.52. The van der Waals surface area contributed by atoms with Crippen molar-refractivity contribution in [2.24, 2.45) is 5.92 Å². The number of aromatic nitrogens is 2. The first-order chi connectivity index (χ1) is 14.7. The number of aryl methyl sites for hydroxylation is 1. The van der Waals surface area contributed by atoms with Crippen LogP contribution in [0.5, 0.6) is 5.75 Å². The number of benzene rings is 1. The Morgan fingerprint density at radius 2 is 1.93 bits per heavy atom. The number of ether oxygens (including phenoxy) is 1. The van der Waals surface area contributed by atoms with E-state index in [-0.39, 0.29) is 0 Å². The SMILES string of the molecule is CC1CCc2c(sc3ncnc(N4CCN(CCOc5ccc(Cl)cc5)CC4)c23)C1. The number of piperazine rings is 1. The van der Waals surface area contributed by atoms with E-state index in [1.165, 1.54) is 35.1 Å². The molecule has 0 bridgehead atoms. The van der Waals surface area contributed by atoms with Gasteiger partial charge in [-0.05, 0) is 55.0 Å². The molecule has 1 unspecified atom stereocenters. The average molecular weight is 443 g/mol. The monoisotopic (exact) mass is 442 g/mol. The van der Waals surface area contributed by atoms with Gasteiger partial charge in [0.1, 0.15) is 29.3 Å². The number of halogens is 1. The molecular weight excluding hydrogens is 416 g/mol. The molecule has 1 aromatic carbocycles. The van der Waals surface area contributed by atoms with Crippen molar-refractivity contribution in [1.82, 2.24) is 14.9 Å². The Bertz CT molecular complexity index is 1010. The Kier molecular flexibility index (Phi) is 5.81. The van der Waals surface area contributed by atoms with Gasteiger partial charge in [-0.2, -0.15) is 0 Å². The highest BCUT2D eigenvalue weighted by molar-refractivity contribution is 7.19. The van der Waals surface area contributed by atoms with Gasteiger partial charge in [-0.3, -0.25) is 4.90 Å². The van der Waals surface area contributed by atoms with Crippen molar-refractivity contribution in [2.45, 2.75) is 26.2 Å². The number of anilines is 1. The van der Waals surface area contributed by atoms with Crippen LogP contribution in [0.3, 0.4) is 0 Å². The molecule has 1 atom stereocenters. The molecule has 2 aromatic heterocycles. The number of fused-ring (bicyclic) bond motifs is 3. The van der Waals surface area contributed by atoms with E-state index < -0.39 is 0 Å². The van der Waals surface area contributed by atoms with Crippen LogP contribution in [0.25, 0.3) is 10.2 Å². The molecule has 0 amide bonds. The van der Waals surface area contributed by atoms with Crippen molar-refractivity contribution in [3.05, 3.63) is 46.1 Å². The largest absolute Gasteiger partial charge is 0.492 e. The number of nitrogens with zero attached hydrogens (tertiary/aromatic N) is 4. The van der Waals surface area contributed by atoms with Gasteiger partial charge < -0.3 is 9.64 Å². The van der Waals surface area contributed by atoms with Crippen LogP contribution >= 0.6 is 22.9 Å². The lowest BCUT2D eigenvalue weighted by Crippen LogP contribution is -2.47. The summed E-state index contributed by atoms with van der Waals surface area (Å²) < 4.78 is 5.86. The van der Waals surface area contributed by atoms with Crippen LogP contribution in [-0.2, 0) is 12.8 Å². The summed E-state index contributed by atoms with van der Waals surface area (Å²) in [6, 6.07) is 7.57. The normalized spacial score (nSPS) is 19.8. The van der Waals surface area contributed by atoms with Crippen molar-refractivity contribution >= 4 is 39.0 Å². The molecule has 3 aromatic rings. The Morgan fingerprint density at radius 3 is 2.73 bits per heavy atom. The molecule has 1 saturated heterocycles. The van der Waals surface area contributed by atoms with Crippen LogP contribution in [0.15, 0.2) is 30.6 Å². The van der Waals surface area contributed by atoms with Gasteiger partial charge in [0.05, 0.1) is 5.39 Å². The van der Waals surface area contributed by atoms with Crippen LogP contribution in [0.4, 0.5) is 5.82 Å². The molecule has 7 heteroatoms. The smallest absolute Gasteiger partial charge is 0.141 e. The predicted octanol–water partition coefficient (Wildman–Crippen LogP) is 4.67. The zero-order chi connectivity index (χ0) is 20.5. The van der Waals surface area contributed by atoms with Gasteiger partial charge in [-0.25, -0.2) is 9.97 Å². The van der Waals surface area contributed by atoms with Crippen molar-refractivity contribution < 1.29 is 4.74 Å². The fourth-order valence-corrected chi connectivity index (χ4v) is 5.98. The third-order valence-corrected chi connectivity index (χ3v) is 7.65. The Balaban J connectivity index is 1.21. The maximum atomic E-state index is 5.93. The molecule has 0 radical (unpaired) electrons. The first-order valence-corrected chi connectivity index (χ1v) is 12.0. The van der Waals surface area contributed by atoms with Crippen LogP contribution in [0.1, 0.15) is 23.8 Å². The average Bonchev–Trinajstić information content (AvgIpc) is 3.13. The summed E-state index contributed by atoms with van der Waals surface area (Å²) in [4.78, 5) is 16.9. The van der Waals surface area contributed by atoms with Gasteiger partial charge in [0.15, 0.2) is 0 Å². The van der Waals surface area contributed by atoms with Gasteiger partial charge in [0.25, 0.3) is 0 Å². The minimum Gasteiger partial charge on any atom is -0.492 e. The van der Waals surface area contributed by atoms with Crippen molar-refractivity contribution in [1.29, 1.82) is 0 Å².